The maximum Gasteiger partial charge on any atom is 0.231 e. The van der Waals surface area contributed by atoms with E-state index in [1.807, 2.05) is 19.1 Å². The third-order valence-electron chi connectivity index (χ3n) is 3.13. The Morgan fingerprint density at radius 3 is 2.91 bits per heavy atom. The molecule has 1 heterocycles. The van der Waals surface area contributed by atoms with Crippen molar-refractivity contribution in [1.29, 1.82) is 0 Å². The Morgan fingerprint density at radius 2 is 2.17 bits per heavy atom. The van der Waals surface area contributed by atoms with Gasteiger partial charge in [0, 0.05) is 33.4 Å². The van der Waals surface area contributed by atoms with Crippen LogP contribution in [0.25, 0.3) is 0 Å². The Bertz CT molecular complexity index is 529. The quantitative estimate of drug-likeness (QED) is 0.261. The number of benzene rings is 1. The molecule has 1 aromatic carbocycles. The van der Waals surface area contributed by atoms with Gasteiger partial charge < -0.3 is 24.8 Å². The van der Waals surface area contributed by atoms with E-state index in [-0.39, 0.29) is 30.8 Å². The van der Waals surface area contributed by atoms with Crippen LogP contribution in [0.15, 0.2) is 21.6 Å². The molecule has 1 aliphatic heterocycles. The number of nitrogens with zero attached hydrogens (tertiary/aromatic N) is 1. The fourth-order valence-electron chi connectivity index (χ4n) is 2.05. The van der Waals surface area contributed by atoms with Crippen LogP contribution in [-0.4, -0.2) is 39.6 Å². The fourth-order valence-corrected chi connectivity index (χ4v) is 2.66. The zero-order valence-corrected chi connectivity index (χ0v) is 17.3. The van der Waals surface area contributed by atoms with Gasteiger partial charge in [0.05, 0.1) is 4.47 Å². The number of halogens is 2. The van der Waals surface area contributed by atoms with Gasteiger partial charge >= 0.3 is 0 Å². The lowest BCUT2D eigenvalue weighted by molar-refractivity contribution is 0.145. The molecule has 0 saturated heterocycles. The third-order valence-corrected chi connectivity index (χ3v) is 3.72. The van der Waals surface area contributed by atoms with E-state index in [2.05, 4.69) is 31.6 Å². The first-order valence-corrected chi connectivity index (χ1v) is 8.14. The zero-order chi connectivity index (χ0) is 15.8. The number of rotatable bonds is 7. The van der Waals surface area contributed by atoms with Crippen LogP contribution in [-0.2, 0) is 11.3 Å². The summed E-state index contributed by atoms with van der Waals surface area (Å²) in [7, 11) is 1.76. The normalized spacial score (nSPS) is 12.7. The second kappa shape index (κ2) is 10.9. The second-order valence-electron chi connectivity index (χ2n) is 4.71. The third kappa shape index (κ3) is 6.34. The average Bonchev–Trinajstić information content (AvgIpc) is 2.99. The molecule has 0 amide bonds. The van der Waals surface area contributed by atoms with Gasteiger partial charge in [-0.2, -0.15) is 0 Å². The van der Waals surface area contributed by atoms with Crippen molar-refractivity contribution in [2.75, 3.05) is 33.6 Å². The van der Waals surface area contributed by atoms with E-state index in [9.17, 15) is 0 Å². The Hall–Kier alpha value is -0.740. The molecule has 6 nitrogen and oxygen atoms in total. The summed E-state index contributed by atoms with van der Waals surface area (Å²) in [5.41, 5.74) is 1.09. The fraction of sp³-hybridized carbons (Fsp3) is 0.533. The van der Waals surface area contributed by atoms with Crippen LogP contribution >= 0.6 is 39.9 Å². The van der Waals surface area contributed by atoms with E-state index in [0.717, 1.165) is 53.7 Å². The number of hydrogen-bond donors (Lipinski definition) is 2. The highest BCUT2D eigenvalue weighted by molar-refractivity contribution is 14.0. The molecule has 0 radical (unpaired) electrons. The van der Waals surface area contributed by atoms with Crippen molar-refractivity contribution in [3.05, 3.63) is 22.2 Å². The zero-order valence-electron chi connectivity index (χ0n) is 13.4. The molecule has 1 aromatic rings. The minimum absolute atomic E-state index is 0. The van der Waals surface area contributed by atoms with Crippen LogP contribution in [0.2, 0.25) is 0 Å². The van der Waals surface area contributed by atoms with Gasteiger partial charge in [0.15, 0.2) is 17.5 Å². The van der Waals surface area contributed by atoms with Gasteiger partial charge in [0.2, 0.25) is 6.79 Å². The Labute approximate surface area is 162 Å². The summed E-state index contributed by atoms with van der Waals surface area (Å²) in [6.07, 6.45) is 0.949. The summed E-state index contributed by atoms with van der Waals surface area (Å²) in [6.45, 7) is 5.26. The van der Waals surface area contributed by atoms with Gasteiger partial charge in [-0.1, -0.05) is 0 Å². The van der Waals surface area contributed by atoms with Gasteiger partial charge in [0.1, 0.15) is 0 Å². The molecule has 1 aliphatic rings. The predicted octanol–water partition coefficient (Wildman–Crippen LogP) is 2.89. The lowest BCUT2D eigenvalue weighted by atomic mass is 10.2. The number of nitrogens with one attached hydrogen (secondary N) is 2. The first kappa shape index (κ1) is 20.3. The standard InChI is InChI=1S/C15H22BrN3O3.HI/c1-3-20-6-4-5-18-15(17-2)19-9-11-7-12(16)14-13(8-11)21-10-22-14;/h7-8H,3-6,9-10H2,1-2H3,(H2,17,18,19);1H. The van der Waals surface area contributed by atoms with Crippen LogP contribution in [0, 0.1) is 0 Å². The summed E-state index contributed by atoms with van der Waals surface area (Å²) in [5.74, 6) is 2.30. The minimum Gasteiger partial charge on any atom is -0.454 e. The number of fused-ring (bicyclic) bond motifs is 1. The number of guanidine groups is 1. The van der Waals surface area contributed by atoms with Gasteiger partial charge in [-0.05, 0) is 47.0 Å². The highest BCUT2D eigenvalue weighted by atomic mass is 127. The summed E-state index contributed by atoms with van der Waals surface area (Å²) in [4.78, 5) is 4.20. The van der Waals surface area contributed by atoms with Crippen molar-refractivity contribution in [3.8, 4) is 11.5 Å². The highest BCUT2D eigenvalue weighted by Gasteiger charge is 2.17. The second-order valence-corrected chi connectivity index (χ2v) is 5.57. The van der Waals surface area contributed by atoms with Crippen LogP contribution in [0.3, 0.4) is 0 Å². The molecule has 0 bridgehead atoms. The molecule has 0 atom stereocenters. The first-order valence-electron chi connectivity index (χ1n) is 7.35. The minimum atomic E-state index is 0. The molecule has 130 valence electrons. The smallest absolute Gasteiger partial charge is 0.231 e. The molecule has 0 aromatic heterocycles. The summed E-state index contributed by atoms with van der Waals surface area (Å²) in [5, 5.41) is 6.53. The lowest BCUT2D eigenvalue weighted by Gasteiger charge is -2.12. The Balaban J connectivity index is 0.00000264. The number of aliphatic imine (C=N–C) groups is 1. The van der Waals surface area contributed by atoms with E-state index in [1.54, 1.807) is 7.05 Å². The molecule has 0 spiro atoms. The van der Waals surface area contributed by atoms with E-state index < -0.39 is 0 Å². The molecule has 0 aliphatic carbocycles. The molecule has 2 rings (SSSR count). The molecule has 0 fully saturated rings. The molecular formula is C15H23BrIN3O3. The van der Waals surface area contributed by atoms with Crippen LogP contribution < -0.4 is 20.1 Å². The maximum atomic E-state index is 5.42. The monoisotopic (exact) mass is 499 g/mol. The lowest BCUT2D eigenvalue weighted by Crippen LogP contribution is -2.37. The van der Waals surface area contributed by atoms with Crippen LogP contribution in [0.1, 0.15) is 18.9 Å². The Kier molecular flexibility index (Phi) is 9.65. The molecule has 23 heavy (non-hydrogen) atoms. The molecule has 2 N–H and O–H groups in total. The van der Waals surface area contributed by atoms with Crippen molar-refractivity contribution in [2.24, 2.45) is 4.99 Å². The van der Waals surface area contributed by atoms with Gasteiger partial charge in [-0.3, -0.25) is 4.99 Å². The SMILES string of the molecule is CCOCCCNC(=NC)NCc1cc(Br)c2c(c1)OCO2.I. The molecule has 8 heteroatoms. The van der Waals surface area contributed by atoms with Gasteiger partial charge in [-0.25, -0.2) is 0 Å². The summed E-state index contributed by atoms with van der Waals surface area (Å²) >= 11 is 3.50. The van der Waals surface area contributed by atoms with Crippen molar-refractivity contribution >= 4 is 45.9 Å². The summed E-state index contributed by atoms with van der Waals surface area (Å²) < 4.78 is 17.0. The van der Waals surface area contributed by atoms with Crippen LogP contribution in [0.5, 0.6) is 11.5 Å². The van der Waals surface area contributed by atoms with Crippen molar-refractivity contribution in [1.82, 2.24) is 10.6 Å². The number of ether oxygens (including phenoxy) is 3. The van der Waals surface area contributed by atoms with E-state index in [0.29, 0.717) is 6.54 Å². The van der Waals surface area contributed by atoms with Gasteiger partial charge in [0.25, 0.3) is 0 Å². The predicted molar refractivity (Wildman–Crippen MR) is 105 cm³/mol. The van der Waals surface area contributed by atoms with Crippen molar-refractivity contribution < 1.29 is 14.2 Å². The van der Waals surface area contributed by atoms with E-state index >= 15 is 0 Å². The van der Waals surface area contributed by atoms with E-state index in [1.165, 1.54) is 0 Å². The molecule has 0 saturated carbocycles. The van der Waals surface area contributed by atoms with Crippen LogP contribution in [0.4, 0.5) is 0 Å². The van der Waals surface area contributed by atoms with Gasteiger partial charge in [-0.15, -0.1) is 24.0 Å². The molecule has 0 unspecified atom stereocenters. The van der Waals surface area contributed by atoms with Crippen molar-refractivity contribution in [2.45, 2.75) is 19.9 Å². The highest BCUT2D eigenvalue weighted by Crippen LogP contribution is 2.39. The largest absolute Gasteiger partial charge is 0.454 e. The molecular weight excluding hydrogens is 477 g/mol. The Morgan fingerprint density at radius 1 is 1.35 bits per heavy atom. The number of hydrogen-bond acceptors (Lipinski definition) is 4. The van der Waals surface area contributed by atoms with Crippen molar-refractivity contribution in [3.63, 3.8) is 0 Å². The average molecular weight is 500 g/mol. The first-order chi connectivity index (χ1) is 10.7. The maximum absolute atomic E-state index is 5.42. The summed E-state index contributed by atoms with van der Waals surface area (Å²) in [6, 6.07) is 3.99. The van der Waals surface area contributed by atoms with E-state index in [4.69, 9.17) is 14.2 Å². The topological polar surface area (TPSA) is 64.1 Å².